The minimum absolute atomic E-state index is 0.185. The van der Waals surface area contributed by atoms with Gasteiger partial charge in [0.2, 0.25) is 0 Å². The van der Waals surface area contributed by atoms with Gasteiger partial charge in [-0.2, -0.15) is 0 Å². The Kier molecular flexibility index (Phi) is 4.31. The number of likely N-dealkylation sites (N-methyl/N-ethyl adjacent to an activating group) is 1. The van der Waals surface area contributed by atoms with E-state index in [1.807, 2.05) is 0 Å². The van der Waals surface area contributed by atoms with Crippen molar-refractivity contribution in [1.29, 1.82) is 0 Å². The van der Waals surface area contributed by atoms with Crippen molar-refractivity contribution in [3.63, 3.8) is 0 Å². The van der Waals surface area contributed by atoms with Gasteiger partial charge in [-0.15, -0.1) is 0 Å². The van der Waals surface area contributed by atoms with E-state index in [4.69, 9.17) is 15.2 Å². The average Bonchev–Trinajstić information content (AvgIpc) is 2.13. The van der Waals surface area contributed by atoms with Gasteiger partial charge in [0.25, 0.3) is 0 Å². The van der Waals surface area contributed by atoms with Crippen LogP contribution in [0.25, 0.3) is 0 Å². The maximum atomic E-state index is 11.0. The van der Waals surface area contributed by atoms with Crippen LogP contribution in [0.5, 0.6) is 0 Å². The summed E-state index contributed by atoms with van der Waals surface area (Å²) in [6.45, 7) is 0.345. The third kappa shape index (κ3) is 2.54. The second-order valence-electron chi connectivity index (χ2n) is 4.55. The lowest BCUT2D eigenvalue weighted by Gasteiger charge is -2.53. The number of carboxylic acids is 1. The van der Waals surface area contributed by atoms with E-state index in [1.54, 1.807) is 11.9 Å². The van der Waals surface area contributed by atoms with Crippen LogP contribution in [0.4, 0.5) is 0 Å². The molecule has 6 nitrogen and oxygen atoms in total. The summed E-state index contributed by atoms with van der Waals surface area (Å²) in [7, 11) is 0.338. The fourth-order valence-corrected chi connectivity index (χ4v) is 2.55. The van der Waals surface area contributed by atoms with Crippen molar-refractivity contribution in [3.8, 4) is 0 Å². The predicted molar refractivity (Wildman–Crippen MR) is 57.8 cm³/mol. The smallest absolute Gasteiger partial charge is 0.451 e. The highest BCUT2D eigenvalue weighted by atomic mass is 16.4. The van der Waals surface area contributed by atoms with Crippen LogP contribution in [0.2, 0.25) is 6.32 Å². The summed E-state index contributed by atoms with van der Waals surface area (Å²) < 4.78 is 0. The maximum absolute atomic E-state index is 11.0. The van der Waals surface area contributed by atoms with Crippen LogP contribution in [-0.4, -0.2) is 64.5 Å². The van der Waals surface area contributed by atoms with E-state index in [0.29, 0.717) is 19.4 Å². The van der Waals surface area contributed by atoms with Crippen molar-refractivity contribution >= 4 is 13.1 Å². The number of aliphatic carboxylic acids is 1. The van der Waals surface area contributed by atoms with E-state index >= 15 is 0 Å². The molecule has 2 unspecified atom stereocenters. The predicted octanol–water partition coefficient (Wildman–Crippen LogP) is -1.38. The van der Waals surface area contributed by atoms with Crippen LogP contribution < -0.4 is 0 Å². The molecule has 0 radical (unpaired) electrons. The molecule has 1 saturated heterocycles. The van der Waals surface area contributed by atoms with E-state index in [0.717, 1.165) is 0 Å². The summed E-state index contributed by atoms with van der Waals surface area (Å²) in [5, 5.41) is 35.8. The van der Waals surface area contributed by atoms with Gasteiger partial charge >= 0.3 is 13.1 Å². The molecule has 0 aliphatic carbocycles. The summed E-state index contributed by atoms with van der Waals surface area (Å²) in [6.07, 6.45) is 1.19. The Morgan fingerprint density at radius 3 is 2.56 bits per heavy atom. The fourth-order valence-electron chi connectivity index (χ4n) is 2.55. The lowest BCUT2D eigenvalue weighted by Crippen LogP contribution is -2.67. The Hall–Kier alpha value is -0.625. The van der Waals surface area contributed by atoms with E-state index in [1.165, 1.54) is 0 Å². The van der Waals surface area contributed by atoms with Crippen LogP contribution in [0.15, 0.2) is 0 Å². The minimum atomic E-state index is -1.36. The first-order valence-electron chi connectivity index (χ1n) is 5.33. The minimum Gasteiger partial charge on any atom is -0.480 e. The zero-order valence-electron chi connectivity index (χ0n) is 9.33. The van der Waals surface area contributed by atoms with Gasteiger partial charge in [-0.3, -0.25) is 9.69 Å². The van der Waals surface area contributed by atoms with Gasteiger partial charge in [0, 0.05) is 12.0 Å². The van der Waals surface area contributed by atoms with Gasteiger partial charge in [-0.1, -0.05) is 6.42 Å². The number of likely N-dealkylation sites (tertiary alicyclic amines) is 1. The number of rotatable bonds is 6. The highest BCUT2D eigenvalue weighted by molar-refractivity contribution is 6.40. The SMILES string of the molecule is CN1CC(CO)(CCCB(O)O)C1C(=O)O. The highest BCUT2D eigenvalue weighted by Gasteiger charge is 2.54. The van der Waals surface area contributed by atoms with E-state index in [9.17, 15) is 9.90 Å². The normalized spacial score (nSPS) is 29.9. The third-order valence-electron chi connectivity index (χ3n) is 3.27. The van der Waals surface area contributed by atoms with Crippen LogP contribution in [0, 0.1) is 5.41 Å². The Labute approximate surface area is 94.6 Å². The monoisotopic (exact) mass is 231 g/mol. The number of nitrogens with zero attached hydrogens (tertiary/aromatic N) is 1. The standard InChI is InChI=1S/C9H18BNO5/c1-11-5-9(6-12,7(11)8(13)14)3-2-4-10(15)16/h7,12,15-16H,2-6H2,1H3,(H,13,14). The first kappa shape index (κ1) is 13.4. The second-order valence-corrected chi connectivity index (χ2v) is 4.55. The topological polar surface area (TPSA) is 101 Å². The van der Waals surface area contributed by atoms with Crippen molar-refractivity contribution in [2.75, 3.05) is 20.2 Å². The number of carbonyl (C=O) groups is 1. The number of hydrogen-bond donors (Lipinski definition) is 4. The molecule has 0 amide bonds. The van der Waals surface area contributed by atoms with Gasteiger partial charge in [-0.05, 0) is 19.8 Å². The molecule has 1 aliphatic rings. The third-order valence-corrected chi connectivity index (χ3v) is 3.27. The van der Waals surface area contributed by atoms with Crippen molar-refractivity contribution in [2.24, 2.45) is 5.41 Å². The Morgan fingerprint density at radius 1 is 1.56 bits per heavy atom. The molecule has 0 aromatic carbocycles. The van der Waals surface area contributed by atoms with E-state index in [-0.39, 0.29) is 12.9 Å². The molecule has 1 fully saturated rings. The van der Waals surface area contributed by atoms with Crippen molar-refractivity contribution in [3.05, 3.63) is 0 Å². The number of carboxylic acid groups (broad SMARTS) is 1. The molecule has 1 aliphatic heterocycles. The molecule has 0 bridgehead atoms. The fraction of sp³-hybridized carbons (Fsp3) is 0.889. The summed E-state index contributed by atoms with van der Waals surface area (Å²) in [5.41, 5.74) is -0.629. The van der Waals surface area contributed by atoms with Crippen LogP contribution >= 0.6 is 0 Å². The molecule has 0 aromatic rings. The quantitative estimate of drug-likeness (QED) is 0.420. The summed E-state index contributed by atoms with van der Waals surface area (Å²) in [5.74, 6) is -0.938. The molecule has 7 heteroatoms. The zero-order valence-corrected chi connectivity index (χ0v) is 9.33. The first-order valence-corrected chi connectivity index (χ1v) is 5.33. The molecule has 1 heterocycles. The molecular formula is C9H18BNO5. The molecule has 2 atom stereocenters. The van der Waals surface area contributed by atoms with Gasteiger partial charge in [0.1, 0.15) is 6.04 Å². The largest absolute Gasteiger partial charge is 0.480 e. The average molecular weight is 231 g/mol. The maximum Gasteiger partial charge on any atom is 0.451 e. The zero-order chi connectivity index (χ0) is 12.3. The number of hydrogen-bond acceptors (Lipinski definition) is 5. The number of aliphatic hydroxyl groups is 1. The van der Waals surface area contributed by atoms with E-state index < -0.39 is 24.5 Å². The van der Waals surface area contributed by atoms with Gasteiger partial charge in [-0.25, -0.2) is 0 Å². The van der Waals surface area contributed by atoms with Crippen molar-refractivity contribution in [1.82, 2.24) is 4.90 Å². The Balaban J connectivity index is 2.54. The second kappa shape index (κ2) is 5.14. The molecule has 16 heavy (non-hydrogen) atoms. The van der Waals surface area contributed by atoms with Gasteiger partial charge in [0.15, 0.2) is 0 Å². The first-order chi connectivity index (χ1) is 7.43. The molecule has 0 spiro atoms. The summed E-state index contributed by atoms with van der Waals surface area (Å²) in [4.78, 5) is 12.7. The van der Waals surface area contributed by atoms with Crippen molar-refractivity contribution in [2.45, 2.75) is 25.2 Å². The lowest BCUT2D eigenvalue weighted by molar-refractivity contribution is -0.168. The Bertz CT molecular complexity index is 262. The molecule has 4 N–H and O–H groups in total. The van der Waals surface area contributed by atoms with E-state index in [2.05, 4.69) is 0 Å². The summed E-state index contributed by atoms with van der Waals surface area (Å²) in [6, 6.07) is -0.673. The summed E-state index contributed by atoms with van der Waals surface area (Å²) >= 11 is 0. The Morgan fingerprint density at radius 2 is 2.19 bits per heavy atom. The van der Waals surface area contributed by atoms with Crippen molar-refractivity contribution < 1.29 is 25.1 Å². The highest BCUT2D eigenvalue weighted by Crippen LogP contribution is 2.41. The number of aliphatic hydroxyl groups excluding tert-OH is 1. The molecule has 92 valence electrons. The van der Waals surface area contributed by atoms with Gasteiger partial charge < -0.3 is 20.3 Å². The molecule has 0 aromatic heterocycles. The lowest BCUT2D eigenvalue weighted by atomic mass is 9.67. The van der Waals surface area contributed by atoms with Crippen LogP contribution in [0.1, 0.15) is 12.8 Å². The van der Waals surface area contributed by atoms with Crippen LogP contribution in [0.3, 0.4) is 0 Å². The van der Waals surface area contributed by atoms with Gasteiger partial charge in [0.05, 0.1) is 6.61 Å². The molecular weight excluding hydrogens is 213 g/mol. The molecule has 1 rings (SSSR count). The van der Waals surface area contributed by atoms with Crippen LogP contribution in [-0.2, 0) is 4.79 Å². The molecule has 0 saturated carbocycles.